The van der Waals surface area contributed by atoms with Crippen LogP contribution in [0.5, 0.6) is 0 Å². The van der Waals surface area contributed by atoms with E-state index in [-0.39, 0.29) is 0 Å². The van der Waals surface area contributed by atoms with Crippen LogP contribution in [0.2, 0.25) is 0 Å². The van der Waals surface area contributed by atoms with Crippen molar-refractivity contribution in [2.45, 2.75) is 20.3 Å². The molecule has 0 radical (unpaired) electrons. The molecule has 0 fully saturated rings. The maximum absolute atomic E-state index is 4.42. The Labute approximate surface area is 75.3 Å². The fraction of sp³-hybridized carbons (Fsp3) is 0.333. The van der Waals surface area contributed by atoms with Crippen molar-refractivity contribution in [3.05, 3.63) is 23.0 Å². The van der Waals surface area contributed by atoms with Gasteiger partial charge in [0.1, 0.15) is 10.7 Å². The van der Waals surface area contributed by atoms with E-state index >= 15 is 0 Å². The van der Waals surface area contributed by atoms with E-state index < -0.39 is 0 Å². The smallest absolute Gasteiger partial charge is 0.130 e. The number of hydrogen-bond donors (Lipinski definition) is 0. The maximum atomic E-state index is 4.42. The zero-order valence-corrected chi connectivity index (χ0v) is 7.98. The largest absolute Gasteiger partial charge is 0.238 e. The molecule has 2 aromatic heterocycles. The minimum absolute atomic E-state index is 0.911. The van der Waals surface area contributed by atoms with Crippen LogP contribution in [0.1, 0.15) is 18.4 Å². The SMILES string of the molecule is CCc1nc(C)c2ccsc2n1. The minimum atomic E-state index is 0.911. The van der Waals surface area contributed by atoms with E-state index in [1.54, 1.807) is 11.3 Å². The van der Waals surface area contributed by atoms with Crippen molar-refractivity contribution in [1.29, 1.82) is 0 Å². The van der Waals surface area contributed by atoms with E-state index in [2.05, 4.69) is 28.3 Å². The molecule has 0 aromatic carbocycles. The first kappa shape index (κ1) is 7.68. The molecule has 0 N–H and O–H groups in total. The second-order valence-electron chi connectivity index (χ2n) is 2.72. The van der Waals surface area contributed by atoms with Gasteiger partial charge in [-0.05, 0) is 18.4 Å². The first-order valence-corrected chi connectivity index (χ1v) is 4.90. The molecule has 62 valence electrons. The zero-order valence-electron chi connectivity index (χ0n) is 7.16. The molecule has 2 nitrogen and oxygen atoms in total. The summed E-state index contributed by atoms with van der Waals surface area (Å²) in [6, 6.07) is 2.08. The van der Waals surface area contributed by atoms with Gasteiger partial charge in [-0.3, -0.25) is 0 Å². The number of fused-ring (bicyclic) bond motifs is 1. The first-order chi connectivity index (χ1) is 5.81. The topological polar surface area (TPSA) is 25.8 Å². The lowest BCUT2D eigenvalue weighted by Gasteiger charge is -1.98. The van der Waals surface area contributed by atoms with E-state index in [1.807, 2.05) is 6.92 Å². The van der Waals surface area contributed by atoms with Crippen LogP contribution in [0.4, 0.5) is 0 Å². The number of nitrogens with zero attached hydrogens (tertiary/aromatic N) is 2. The Bertz CT molecular complexity index is 406. The minimum Gasteiger partial charge on any atom is -0.238 e. The predicted molar refractivity (Wildman–Crippen MR) is 51.5 cm³/mol. The van der Waals surface area contributed by atoms with Crippen molar-refractivity contribution in [1.82, 2.24) is 9.97 Å². The van der Waals surface area contributed by atoms with Crippen LogP contribution >= 0.6 is 11.3 Å². The van der Waals surface area contributed by atoms with Crippen LogP contribution < -0.4 is 0 Å². The van der Waals surface area contributed by atoms with Crippen molar-refractivity contribution in [3.8, 4) is 0 Å². The first-order valence-electron chi connectivity index (χ1n) is 4.02. The van der Waals surface area contributed by atoms with Gasteiger partial charge in [0.05, 0.1) is 0 Å². The Balaban J connectivity index is 2.75. The molecule has 0 saturated carbocycles. The highest BCUT2D eigenvalue weighted by atomic mass is 32.1. The summed E-state index contributed by atoms with van der Waals surface area (Å²) in [7, 11) is 0. The molecule has 3 heteroatoms. The van der Waals surface area contributed by atoms with Crippen molar-refractivity contribution in [3.63, 3.8) is 0 Å². The molecule has 0 bridgehead atoms. The fourth-order valence-corrected chi connectivity index (χ4v) is 2.05. The number of thiophene rings is 1. The lowest BCUT2D eigenvalue weighted by molar-refractivity contribution is 0.945. The highest BCUT2D eigenvalue weighted by molar-refractivity contribution is 7.16. The van der Waals surface area contributed by atoms with E-state index in [0.717, 1.165) is 22.8 Å². The highest BCUT2D eigenvalue weighted by Gasteiger charge is 2.02. The van der Waals surface area contributed by atoms with E-state index in [1.165, 1.54) is 5.39 Å². The van der Waals surface area contributed by atoms with Gasteiger partial charge in [0.15, 0.2) is 0 Å². The molecule has 0 aliphatic heterocycles. The third-order valence-electron chi connectivity index (χ3n) is 1.88. The predicted octanol–water partition coefficient (Wildman–Crippen LogP) is 2.56. The van der Waals surface area contributed by atoms with Gasteiger partial charge in [-0.25, -0.2) is 9.97 Å². The summed E-state index contributed by atoms with van der Waals surface area (Å²) in [4.78, 5) is 9.92. The normalized spacial score (nSPS) is 10.8. The van der Waals surface area contributed by atoms with Crippen molar-refractivity contribution >= 4 is 21.6 Å². The number of hydrogen-bond acceptors (Lipinski definition) is 3. The van der Waals surface area contributed by atoms with Crippen LogP contribution in [0.15, 0.2) is 11.4 Å². The maximum Gasteiger partial charge on any atom is 0.130 e. The van der Waals surface area contributed by atoms with Gasteiger partial charge < -0.3 is 0 Å². The second kappa shape index (κ2) is 2.83. The average Bonchev–Trinajstić information content (AvgIpc) is 2.52. The van der Waals surface area contributed by atoms with E-state index in [0.29, 0.717) is 0 Å². The molecule has 0 aliphatic carbocycles. The van der Waals surface area contributed by atoms with Gasteiger partial charge in [0.2, 0.25) is 0 Å². The van der Waals surface area contributed by atoms with Crippen molar-refractivity contribution < 1.29 is 0 Å². The van der Waals surface area contributed by atoms with Gasteiger partial charge in [-0.15, -0.1) is 11.3 Å². The molecule has 0 aliphatic rings. The Morgan fingerprint density at radius 3 is 3.00 bits per heavy atom. The van der Waals surface area contributed by atoms with Crippen LogP contribution in [-0.4, -0.2) is 9.97 Å². The number of aryl methyl sites for hydroxylation is 2. The third-order valence-corrected chi connectivity index (χ3v) is 2.68. The molecule has 2 rings (SSSR count). The molecule has 0 saturated heterocycles. The monoisotopic (exact) mass is 178 g/mol. The molecule has 2 heterocycles. The van der Waals surface area contributed by atoms with Gasteiger partial charge in [-0.2, -0.15) is 0 Å². The summed E-state index contributed by atoms with van der Waals surface area (Å²) < 4.78 is 0. The number of rotatable bonds is 1. The summed E-state index contributed by atoms with van der Waals surface area (Å²) in [5, 5.41) is 3.25. The van der Waals surface area contributed by atoms with Gasteiger partial charge in [0, 0.05) is 17.5 Å². The van der Waals surface area contributed by atoms with Crippen LogP contribution in [-0.2, 0) is 6.42 Å². The van der Waals surface area contributed by atoms with Gasteiger partial charge >= 0.3 is 0 Å². The Hall–Kier alpha value is -0.960. The Morgan fingerprint density at radius 2 is 2.25 bits per heavy atom. The third kappa shape index (κ3) is 1.10. The van der Waals surface area contributed by atoms with Gasteiger partial charge in [-0.1, -0.05) is 6.92 Å². The number of aromatic nitrogens is 2. The lowest BCUT2D eigenvalue weighted by Crippen LogP contribution is -1.94. The highest BCUT2D eigenvalue weighted by Crippen LogP contribution is 2.20. The molecule has 2 aromatic rings. The fourth-order valence-electron chi connectivity index (χ4n) is 1.22. The molecular weight excluding hydrogens is 168 g/mol. The van der Waals surface area contributed by atoms with E-state index in [9.17, 15) is 0 Å². The average molecular weight is 178 g/mol. The summed E-state index contributed by atoms with van der Waals surface area (Å²) in [5.74, 6) is 0.947. The molecule has 0 unspecified atom stereocenters. The molecular formula is C9H10N2S. The van der Waals surface area contributed by atoms with Crippen LogP contribution in [0, 0.1) is 6.92 Å². The Morgan fingerprint density at radius 1 is 1.42 bits per heavy atom. The summed E-state index contributed by atoms with van der Waals surface area (Å²) in [6.07, 6.45) is 0.911. The molecule has 12 heavy (non-hydrogen) atoms. The van der Waals surface area contributed by atoms with Crippen LogP contribution in [0.3, 0.4) is 0 Å². The second-order valence-corrected chi connectivity index (χ2v) is 3.61. The Kier molecular flexibility index (Phi) is 1.81. The summed E-state index contributed by atoms with van der Waals surface area (Å²) in [5.41, 5.74) is 1.10. The molecule has 0 atom stereocenters. The standard InChI is InChI=1S/C9H10N2S/c1-3-8-10-6(2)7-4-5-12-9(7)11-8/h4-5H,3H2,1-2H3. The zero-order chi connectivity index (χ0) is 8.55. The lowest BCUT2D eigenvalue weighted by atomic mass is 10.3. The van der Waals surface area contributed by atoms with Crippen molar-refractivity contribution in [2.75, 3.05) is 0 Å². The molecule has 0 amide bonds. The van der Waals surface area contributed by atoms with Crippen molar-refractivity contribution in [2.24, 2.45) is 0 Å². The van der Waals surface area contributed by atoms with E-state index in [4.69, 9.17) is 0 Å². The summed E-state index contributed by atoms with van der Waals surface area (Å²) in [6.45, 7) is 4.12. The van der Waals surface area contributed by atoms with Gasteiger partial charge in [0.25, 0.3) is 0 Å². The summed E-state index contributed by atoms with van der Waals surface area (Å²) >= 11 is 1.68. The quantitative estimate of drug-likeness (QED) is 0.670. The van der Waals surface area contributed by atoms with Crippen LogP contribution in [0.25, 0.3) is 10.2 Å². The molecule has 0 spiro atoms.